The summed E-state index contributed by atoms with van der Waals surface area (Å²) in [6.07, 6.45) is 3.37. The minimum atomic E-state index is -0.253. The van der Waals surface area contributed by atoms with E-state index in [0.29, 0.717) is 16.5 Å². The molecule has 1 saturated carbocycles. The van der Waals surface area contributed by atoms with Crippen LogP contribution in [0.15, 0.2) is 28.7 Å². The van der Waals surface area contributed by atoms with Crippen LogP contribution >= 0.6 is 27.3 Å². The highest BCUT2D eigenvalue weighted by Gasteiger charge is 2.28. The zero-order valence-electron chi connectivity index (χ0n) is 12.1. The van der Waals surface area contributed by atoms with Crippen molar-refractivity contribution in [1.29, 1.82) is 0 Å². The molecule has 0 amide bonds. The third kappa shape index (κ3) is 2.46. The minimum Gasteiger partial charge on any atom is -0.232 e. The zero-order valence-corrected chi connectivity index (χ0v) is 14.5. The van der Waals surface area contributed by atoms with Crippen LogP contribution in [0.2, 0.25) is 0 Å². The molecule has 0 spiro atoms. The second-order valence-electron chi connectivity index (χ2n) is 5.63. The summed E-state index contributed by atoms with van der Waals surface area (Å²) in [5, 5.41) is 0.711. The van der Waals surface area contributed by atoms with Gasteiger partial charge in [-0.1, -0.05) is 22.9 Å². The van der Waals surface area contributed by atoms with E-state index in [9.17, 15) is 4.39 Å². The fraction of sp³-hybridized carbons (Fsp3) is 0.294. The number of hydrogen-bond acceptors (Lipinski definition) is 3. The van der Waals surface area contributed by atoms with Gasteiger partial charge in [0.05, 0.1) is 4.70 Å². The predicted molar refractivity (Wildman–Crippen MR) is 91.9 cm³/mol. The Morgan fingerprint density at radius 1 is 1.27 bits per heavy atom. The molecule has 1 aromatic carbocycles. The summed E-state index contributed by atoms with van der Waals surface area (Å²) in [5.74, 6) is 0.385. The average Bonchev–Trinajstić information content (AvgIpc) is 3.25. The van der Waals surface area contributed by atoms with Crippen LogP contribution < -0.4 is 0 Å². The number of pyridine rings is 1. The fourth-order valence-corrected chi connectivity index (χ4v) is 4.11. The minimum absolute atomic E-state index is 0.253. The van der Waals surface area contributed by atoms with Gasteiger partial charge in [-0.15, -0.1) is 11.3 Å². The number of benzene rings is 1. The highest BCUT2D eigenvalue weighted by molar-refractivity contribution is 9.10. The summed E-state index contributed by atoms with van der Waals surface area (Å²) in [4.78, 5) is 9.23. The number of aromatic nitrogens is 2. The molecule has 4 rings (SSSR count). The highest BCUT2D eigenvalue weighted by Crippen LogP contribution is 2.45. The van der Waals surface area contributed by atoms with Gasteiger partial charge in [-0.05, 0) is 55.0 Å². The molecule has 1 fully saturated rings. The van der Waals surface area contributed by atoms with Gasteiger partial charge in [0.15, 0.2) is 5.65 Å². The Bertz CT molecular complexity index is 870. The average molecular weight is 377 g/mol. The number of hydrogen-bond donors (Lipinski definition) is 0. The van der Waals surface area contributed by atoms with Crippen LogP contribution in [-0.4, -0.2) is 9.97 Å². The van der Waals surface area contributed by atoms with E-state index in [1.807, 2.05) is 6.07 Å². The summed E-state index contributed by atoms with van der Waals surface area (Å²) < 4.78 is 16.1. The number of aryl methyl sites for hydroxylation is 1. The predicted octanol–water partition coefficient (Wildman–Crippen LogP) is 5.70. The summed E-state index contributed by atoms with van der Waals surface area (Å²) in [5.41, 5.74) is 3.74. The van der Waals surface area contributed by atoms with Gasteiger partial charge < -0.3 is 0 Å². The SMILES string of the molecule is CCc1cc(C2CC2)c2sc(-c3ccc(Br)cc3F)nc2n1. The maximum absolute atomic E-state index is 14.2. The molecule has 1 aliphatic rings. The molecule has 2 aromatic heterocycles. The molecule has 2 heterocycles. The lowest BCUT2D eigenvalue weighted by Gasteiger charge is -2.02. The molecule has 0 aliphatic heterocycles. The van der Waals surface area contributed by atoms with Crippen LogP contribution in [0, 0.1) is 5.82 Å². The molecule has 0 radical (unpaired) electrons. The highest BCUT2D eigenvalue weighted by atomic mass is 79.9. The molecule has 0 unspecified atom stereocenters. The van der Waals surface area contributed by atoms with E-state index < -0.39 is 0 Å². The van der Waals surface area contributed by atoms with Crippen LogP contribution in [0.5, 0.6) is 0 Å². The summed E-state index contributed by atoms with van der Waals surface area (Å²) in [6, 6.07) is 7.31. The van der Waals surface area contributed by atoms with Gasteiger partial charge in [-0.3, -0.25) is 0 Å². The van der Waals surface area contributed by atoms with Crippen molar-refractivity contribution in [2.45, 2.75) is 32.1 Å². The number of thiazole rings is 1. The molecular weight excluding hydrogens is 363 g/mol. The molecule has 5 heteroatoms. The lowest BCUT2D eigenvalue weighted by atomic mass is 10.1. The molecule has 22 heavy (non-hydrogen) atoms. The smallest absolute Gasteiger partial charge is 0.171 e. The first kappa shape index (κ1) is 14.3. The van der Waals surface area contributed by atoms with Crippen molar-refractivity contribution in [2.24, 2.45) is 0 Å². The fourth-order valence-electron chi connectivity index (χ4n) is 2.65. The third-order valence-corrected chi connectivity index (χ3v) is 5.60. The topological polar surface area (TPSA) is 25.8 Å². The van der Waals surface area contributed by atoms with Crippen LogP contribution in [0.4, 0.5) is 4.39 Å². The van der Waals surface area contributed by atoms with Crippen molar-refractivity contribution >= 4 is 37.6 Å². The summed E-state index contributed by atoms with van der Waals surface area (Å²) >= 11 is 4.85. The van der Waals surface area contributed by atoms with Crippen molar-refractivity contribution in [1.82, 2.24) is 9.97 Å². The maximum Gasteiger partial charge on any atom is 0.171 e. The second-order valence-corrected chi connectivity index (χ2v) is 7.54. The zero-order chi connectivity index (χ0) is 15.3. The van der Waals surface area contributed by atoms with E-state index >= 15 is 0 Å². The van der Waals surface area contributed by atoms with Crippen molar-refractivity contribution in [3.63, 3.8) is 0 Å². The van der Waals surface area contributed by atoms with E-state index in [0.717, 1.165) is 26.9 Å². The van der Waals surface area contributed by atoms with Crippen LogP contribution in [0.25, 0.3) is 20.9 Å². The van der Waals surface area contributed by atoms with Crippen molar-refractivity contribution in [2.75, 3.05) is 0 Å². The van der Waals surface area contributed by atoms with E-state index in [2.05, 4.69) is 38.9 Å². The maximum atomic E-state index is 14.2. The largest absolute Gasteiger partial charge is 0.232 e. The molecule has 0 bridgehead atoms. The first-order valence-electron chi connectivity index (χ1n) is 7.41. The van der Waals surface area contributed by atoms with Gasteiger partial charge in [0, 0.05) is 15.7 Å². The third-order valence-electron chi connectivity index (χ3n) is 3.98. The Labute approximate surface area is 140 Å². The monoisotopic (exact) mass is 376 g/mol. The molecule has 1 aliphatic carbocycles. The Hall–Kier alpha value is -1.33. The molecule has 3 aromatic rings. The molecule has 0 atom stereocenters. The number of halogens is 2. The van der Waals surface area contributed by atoms with Gasteiger partial charge in [0.1, 0.15) is 10.8 Å². The van der Waals surface area contributed by atoms with Crippen molar-refractivity contribution in [3.05, 3.63) is 45.8 Å². The first-order valence-corrected chi connectivity index (χ1v) is 9.02. The standard InChI is InChI=1S/C17H14BrFN2S/c1-2-11-8-13(9-3-4-9)15-16(20-11)21-17(22-15)12-6-5-10(18)7-14(12)19/h5-9H,2-4H2,1H3. The number of fused-ring (bicyclic) bond motifs is 1. The van der Waals surface area contributed by atoms with Crippen LogP contribution in [-0.2, 0) is 6.42 Å². The van der Waals surface area contributed by atoms with Gasteiger partial charge >= 0.3 is 0 Å². The molecular formula is C17H14BrFN2S. The quantitative estimate of drug-likeness (QED) is 0.585. The van der Waals surface area contributed by atoms with E-state index in [1.54, 1.807) is 17.4 Å². The van der Waals surface area contributed by atoms with Crippen molar-refractivity contribution in [3.8, 4) is 10.6 Å². The molecule has 2 nitrogen and oxygen atoms in total. The summed E-state index contributed by atoms with van der Waals surface area (Å²) in [6.45, 7) is 2.10. The number of nitrogens with zero attached hydrogens (tertiary/aromatic N) is 2. The number of rotatable bonds is 3. The van der Waals surface area contributed by atoms with E-state index in [4.69, 9.17) is 0 Å². The lowest BCUT2D eigenvalue weighted by Crippen LogP contribution is -1.91. The molecule has 0 saturated heterocycles. The van der Waals surface area contributed by atoms with Gasteiger partial charge in [0.25, 0.3) is 0 Å². The summed E-state index contributed by atoms with van der Waals surface area (Å²) in [7, 11) is 0. The Balaban J connectivity index is 1.91. The molecule has 0 N–H and O–H groups in total. The van der Waals surface area contributed by atoms with E-state index in [-0.39, 0.29) is 5.82 Å². The van der Waals surface area contributed by atoms with E-state index in [1.165, 1.54) is 24.5 Å². The second kappa shape index (κ2) is 5.39. The van der Waals surface area contributed by atoms with Gasteiger partial charge in [-0.2, -0.15) is 0 Å². The normalized spacial score (nSPS) is 14.7. The lowest BCUT2D eigenvalue weighted by molar-refractivity contribution is 0.630. The Kier molecular flexibility index (Phi) is 3.50. The van der Waals surface area contributed by atoms with Crippen molar-refractivity contribution < 1.29 is 4.39 Å². The first-order chi connectivity index (χ1) is 10.7. The van der Waals surface area contributed by atoms with Crippen LogP contribution in [0.1, 0.15) is 36.9 Å². The van der Waals surface area contributed by atoms with Gasteiger partial charge in [-0.25, -0.2) is 14.4 Å². The van der Waals surface area contributed by atoms with Gasteiger partial charge in [0.2, 0.25) is 0 Å². The molecule has 112 valence electrons. The Morgan fingerprint density at radius 3 is 2.77 bits per heavy atom. The van der Waals surface area contributed by atoms with Crippen LogP contribution in [0.3, 0.4) is 0 Å². The Morgan fingerprint density at radius 2 is 2.09 bits per heavy atom.